The van der Waals surface area contributed by atoms with Crippen molar-refractivity contribution >= 4 is 11.7 Å². The summed E-state index contributed by atoms with van der Waals surface area (Å²) in [5.74, 6) is -0.0431. The maximum Gasteiger partial charge on any atom is 0.319 e. The first kappa shape index (κ1) is 17.1. The lowest BCUT2D eigenvalue weighted by Crippen LogP contribution is -2.52. The average molecular weight is 337 g/mol. The number of carbonyl (C=O) groups is 1. The third-order valence-corrected chi connectivity index (χ3v) is 4.62. The summed E-state index contributed by atoms with van der Waals surface area (Å²) in [5, 5.41) is 5.44. The van der Waals surface area contributed by atoms with Gasteiger partial charge in [0.15, 0.2) is 0 Å². The third-order valence-electron chi connectivity index (χ3n) is 4.62. The standard InChI is InChI=1S/C17H24FN3O3/c18-14-3-1-2-4-15(14)20-17(22)19-11-16(13-5-8-24-12-13)21-6-9-23-10-7-21/h1-4,13,16H,5-12H2,(H2,19,20,22)/t13-,16-/m0/s1. The molecule has 1 aromatic rings. The van der Waals surface area contributed by atoms with Crippen LogP contribution in [0.5, 0.6) is 0 Å². The zero-order valence-corrected chi connectivity index (χ0v) is 13.7. The Morgan fingerprint density at radius 3 is 2.75 bits per heavy atom. The number of anilines is 1. The monoisotopic (exact) mass is 337 g/mol. The molecule has 24 heavy (non-hydrogen) atoms. The number of hydrogen-bond acceptors (Lipinski definition) is 4. The number of ether oxygens (including phenoxy) is 2. The van der Waals surface area contributed by atoms with E-state index in [0.29, 0.717) is 25.7 Å². The van der Waals surface area contributed by atoms with E-state index < -0.39 is 11.8 Å². The smallest absolute Gasteiger partial charge is 0.319 e. The van der Waals surface area contributed by atoms with Crippen LogP contribution >= 0.6 is 0 Å². The molecule has 0 unspecified atom stereocenters. The number of halogens is 1. The molecule has 2 fully saturated rings. The first-order valence-electron chi connectivity index (χ1n) is 8.43. The highest BCUT2D eigenvalue weighted by Gasteiger charge is 2.31. The van der Waals surface area contributed by atoms with E-state index in [-0.39, 0.29) is 11.7 Å². The Labute approximate surface area is 141 Å². The van der Waals surface area contributed by atoms with Crippen LogP contribution in [0.1, 0.15) is 6.42 Å². The molecular formula is C17H24FN3O3. The average Bonchev–Trinajstić information content (AvgIpc) is 3.12. The number of benzene rings is 1. The highest BCUT2D eigenvalue weighted by Crippen LogP contribution is 2.22. The number of urea groups is 1. The van der Waals surface area contributed by atoms with Crippen molar-refractivity contribution in [3.63, 3.8) is 0 Å². The molecule has 0 spiro atoms. The summed E-state index contributed by atoms with van der Waals surface area (Å²) in [4.78, 5) is 14.5. The fraction of sp³-hybridized carbons (Fsp3) is 0.588. The second-order valence-electron chi connectivity index (χ2n) is 6.15. The van der Waals surface area contributed by atoms with Gasteiger partial charge in [0.1, 0.15) is 5.82 Å². The van der Waals surface area contributed by atoms with Crippen molar-refractivity contribution in [1.82, 2.24) is 10.2 Å². The van der Waals surface area contributed by atoms with E-state index in [1.54, 1.807) is 18.2 Å². The molecule has 2 aliphatic heterocycles. The van der Waals surface area contributed by atoms with Gasteiger partial charge in [-0.2, -0.15) is 0 Å². The molecule has 2 heterocycles. The van der Waals surface area contributed by atoms with Crippen LogP contribution in [0.3, 0.4) is 0 Å². The lowest BCUT2D eigenvalue weighted by Gasteiger charge is -2.37. The van der Waals surface area contributed by atoms with Gasteiger partial charge in [-0.15, -0.1) is 0 Å². The highest BCUT2D eigenvalue weighted by molar-refractivity contribution is 5.89. The lowest BCUT2D eigenvalue weighted by atomic mass is 9.97. The number of morpholine rings is 1. The zero-order chi connectivity index (χ0) is 16.8. The van der Waals surface area contributed by atoms with Crippen LogP contribution in [0.15, 0.2) is 24.3 Å². The molecule has 6 nitrogen and oxygen atoms in total. The number of nitrogens with one attached hydrogen (secondary N) is 2. The number of hydrogen-bond donors (Lipinski definition) is 2. The molecule has 0 aliphatic carbocycles. The fourth-order valence-electron chi connectivity index (χ4n) is 3.29. The van der Waals surface area contributed by atoms with Crippen molar-refractivity contribution in [3.05, 3.63) is 30.1 Å². The predicted octanol–water partition coefficient (Wildman–Crippen LogP) is 1.68. The van der Waals surface area contributed by atoms with Gasteiger partial charge in [0.2, 0.25) is 0 Å². The predicted molar refractivity (Wildman–Crippen MR) is 88.5 cm³/mol. The molecule has 2 aliphatic rings. The number of para-hydroxylation sites is 1. The van der Waals surface area contributed by atoms with Crippen LogP contribution in [0.4, 0.5) is 14.9 Å². The Morgan fingerprint density at radius 2 is 2.04 bits per heavy atom. The van der Waals surface area contributed by atoms with E-state index in [1.165, 1.54) is 6.07 Å². The minimum Gasteiger partial charge on any atom is -0.381 e. The second kappa shape index (κ2) is 8.41. The summed E-state index contributed by atoms with van der Waals surface area (Å²) in [6, 6.07) is 5.96. The topological polar surface area (TPSA) is 62.8 Å². The zero-order valence-electron chi connectivity index (χ0n) is 13.7. The van der Waals surface area contributed by atoms with Crippen LogP contribution in [-0.4, -0.2) is 63.0 Å². The summed E-state index contributed by atoms with van der Waals surface area (Å²) >= 11 is 0. The van der Waals surface area contributed by atoms with E-state index in [2.05, 4.69) is 15.5 Å². The first-order valence-corrected chi connectivity index (χ1v) is 8.43. The quantitative estimate of drug-likeness (QED) is 0.858. The molecule has 132 valence electrons. The molecule has 2 N–H and O–H groups in total. The molecule has 0 bridgehead atoms. The maximum absolute atomic E-state index is 13.6. The largest absolute Gasteiger partial charge is 0.381 e. The van der Waals surface area contributed by atoms with Gasteiger partial charge in [-0.05, 0) is 18.6 Å². The molecule has 7 heteroatoms. The Bertz CT molecular complexity index is 546. The second-order valence-corrected chi connectivity index (χ2v) is 6.15. The van der Waals surface area contributed by atoms with Gasteiger partial charge in [-0.1, -0.05) is 12.1 Å². The van der Waals surface area contributed by atoms with E-state index >= 15 is 0 Å². The van der Waals surface area contributed by atoms with E-state index in [0.717, 1.165) is 32.7 Å². The molecule has 3 rings (SSSR count). The Hall–Kier alpha value is -1.70. The molecular weight excluding hydrogens is 313 g/mol. The minimum absolute atomic E-state index is 0.183. The van der Waals surface area contributed by atoms with Crippen molar-refractivity contribution in [2.75, 3.05) is 51.4 Å². The molecule has 2 saturated heterocycles. The first-order chi connectivity index (χ1) is 11.7. The van der Waals surface area contributed by atoms with Gasteiger partial charge in [0.05, 0.1) is 25.5 Å². The molecule has 0 saturated carbocycles. The normalized spacial score (nSPS) is 23.0. The van der Waals surface area contributed by atoms with Gasteiger partial charge in [0.25, 0.3) is 0 Å². The number of carbonyl (C=O) groups excluding carboxylic acids is 1. The van der Waals surface area contributed by atoms with Gasteiger partial charge in [-0.3, -0.25) is 4.90 Å². The number of nitrogens with zero attached hydrogens (tertiary/aromatic N) is 1. The van der Waals surface area contributed by atoms with Crippen molar-refractivity contribution < 1.29 is 18.7 Å². The van der Waals surface area contributed by atoms with Gasteiger partial charge >= 0.3 is 6.03 Å². The molecule has 0 radical (unpaired) electrons. The van der Waals surface area contributed by atoms with Crippen molar-refractivity contribution in [3.8, 4) is 0 Å². The fourth-order valence-corrected chi connectivity index (χ4v) is 3.29. The van der Waals surface area contributed by atoms with Gasteiger partial charge in [0, 0.05) is 38.2 Å². The van der Waals surface area contributed by atoms with E-state index in [1.807, 2.05) is 0 Å². The van der Waals surface area contributed by atoms with E-state index in [4.69, 9.17) is 9.47 Å². The van der Waals surface area contributed by atoms with Crippen LogP contribution in [0.2, 0.25) is 0 Å². The molecule has 0 aromatic heterocycles. The van der Waals surface area contributed by atoms with Crippen LogP contribution in [-0.2, 0) is 9.47 Å². The summed E-state index contributed by atoms with van der Waals surface area (Å²) in [6.07, 6.45) is 0.999. The number of amides is 2. The molecule has 2 amide bonds. The summed E-state index contributed by atoms with van der Waals surface area (Å²) in [7, 11) is 0. The molecule has 2 atom stereocenters. The van der Waals surface area contributed by atoms with Gasteiger partial charge < -0.3 is 20.1 Å². The Morgan fingerprint density at radius 1 is 1.25 bits per heavy atom. The third kappa shape index (κ3) is 4.43. The van der Waals surface area contributed by atoms with Crippen molar-refractivity contribution in [2.24, 2.45) is 5.92 Å². The van der Waals surface area contributed by atoms with Gasteiger partial charge in [-0.25, -0.2) is 9.18 Å². The molecule has 1 aromatic carbocycles. The van der Waals surface area contributed by atoms with Crippen molar-refractivity contribution in [2.45, 2.75) is 12.5 Å². The highest BCUT2D eigenvalue weighted by atomic mass is 19.1. The SMILES string of the molecule is O=C(NC[C@@H]([C@H]1CCOC1)N1CCOCC1)Nc1ccccc1F. The lowest BCUT2D eigenvalue weighted by molar-refractivity contribution is 0.00222. The minimum atomic E-state index is -0.443. The summed E-state index contributed by atoms with van der Waals surface area (Å²) in [5.41, 5.74) is 0.183. The Kier molecular flexibility index (Phi) is 6.01. The van der Waals surface area contributed by atoms with Crippen LogP contribution in [0, 0.1) is 11.7 Å². The van der Waals surface area contributed by atoms with Crippen LogP contribution < -0.4 is 10.6 Å². The van der Waals surface area contributed by atoms with Crippen molar-refractivity contribution in [1.29, 1.82) is 0 Å². The van der Waals surface area contributed by atoms with Crippen LogP contribution in [0.25, 0.3) is 0 Å². The summed E-state index contributed by atoms with van der Waals surface area (Å²) < 4.78 is 24.5. The maximum atomic E-state index is 13.6. The van der Waals surface area contributed by atoms with E-state index in [9.17, 15) is 9.18 Å². The Balaban J connectivity index is 1.56. The number of rotatable bonds is 5. The summed E-state index contributed by atoms with van der Waals surface area (Å²) in [6.45, 7) is 5.15.